The monoisotopic (exact) mass is 287 g/mol. The van der Waals surface area contributed by atoms with Crippen LogP contribution in [0.2, 0.25) is 0 Å². The molecule has 1 heterocycles. The van der Waals surface area contributed by atoms with Gasteiger partial charge in [0.2, 0.25) is 0 Å². The van der Waals surface area contributed by atoms with Gasteiger partial charge in [0.15, 0.2) is 0 Å². The van der Waals surface area contributed by atoms with Gasteiger partial charge in [0.1, 0.15) is 0 Å². The third-order valence-corrected chi connectivity index (χ3v) is 5.00. The summed E-state index contributed by atoms with van der Waals surface area (Å²) in [6.45, 7) is 6.93. The average molecular weight is 287 g/mol. The van der Waals surface area contributed by atoms with Gasteiger partial charge in [-0.05, 0) is 42.9 Å². The van der Waals surface area contributed by atoms with Crippen molar-refractivity contribution in [2.45, 2.75) is 58.5 Å². The molecule has 2 unspecified atom stereocenters. The summed E-state index contributed by atoms with van der Waals surface area (Å²) >= 11 is 0. The first-order valence-electron chi connectivity index (χ1n) is 7.94. The second-order valence-corrected chi connectivity index (χ2v) is 7.06. The van der Waals surface area contributed by atoms with Crippen molar-refractivity contribution >= 4 is 11.0 Å². The molecule has 2 aromatic rings. The van der Waals surface area contributed by atoms with Gasteiger partial charge in [-0.2, -0.15) is 0 Å². The van der Waals surface area contributed by atoms with Crippen LogP contribution < -0.4 is 11.0 Å². The van der Waals surface area contributed by atoms with Crippen molar-refractivity contribution in [1.82, 2.24) is 15.3 Å². The Hall–Kier alpha value is -1.55. The molecule has 1 saturated carbocycles. The SMILES string of the molecule is CC(NC1CCCCC1(C)C)c1ccc2[nH]c(=O)[nH]c2c1. The summed E-state index contributed by atoms with van der Waals surface area (Å²) in [5.74, 6) is 0. The lowest BCUT2D eigenvalue weighted by atomic mass is 9.73. The quantitative estimate of drug-likeness (QED) is 0.809. The van der Waals surface area contributed by atoms with Gasteiger partial charge in [0, 0.05) is 12.1 Å². The van der Waals surface area contributed by atoms with Gasteiger partial charge in [-0.15, -0.1) is 0 Å². The van der Waals surface area contributed by atoms with Gasteiger partial charge in [-0.3, -0.25) is 0 Å². The summed E-state index contributed by atoms with van der Waals surface area (Å²) in [4.78, 5) is 17.0. The Morgan fingerprint density at radius 2 is 2.00 bits per heavy atom. The first-order valence-corrected chi connectivity index (χ1v) is 7.94. The van der Waals surface area contributed by atoms with Crippen LogP contribution in [0.5, 0.6) is 0 Å². The Balaban J connectivity index is 1.79. The van der Waals surface area contributed by atoms with Crippen LogP contribution in [0.25, 0.3) is 11.0 Å². The molecule has 0 spiro atoms. The average Bonchev–Trinajstić information content (AvgIpc) is 2.80. The van der Waals surface area contributed by atoms with E-state index in [1.54, 1.807) is 0 Å². The summed E-state index contributed by atoms with van der Waals surface area (Å²) < 4.78 is 0. The molecule has 21 heavy (non-hydrogen) atoms. The lowest BCUT2D eigenvalue weighted by Gasteiger charge is -2.40. The number of H-pyrrole nitrogens is 2. The van der Waals surface area contributed by atoms with E-state index in [9.17, 15) is 4.79 Å². The molecule has 114 valence electrons. The molecule has 2 atom stereocenters. The molecule has 0 aliphatic heterocycles. The van der Waals surface area contributed by atoms with Crippen LogP contribution in [0.1, 0.15) is 58.1 Å². The highest BCUT2D eigenvalue weighted by Gasteiger charge is 2.32. The highest BCUT2D eigenvalue weighted by molar-refractivity contribution is 5.75. The van der Waals surface area contributed by atoms with Crippen LogP contribution in [0.15, 0.2) is 23.0 Å². The normalized spacial score (nSPS) is 23.3. The topological polar surface area (TPSA) is 60.7 Å². The molecule has 1 fully saturated rings. The van der Waals surface area contributed by atoms with E-state index in [-0.39, 0.29) is 11.7 Å². The maximum atomic E-state index is 11.3. The number of hydrogen-bond acceptors (Lipinski definition) is 2. The zero-order valence-corrected chi connectivity index (χ0v) is 13.1. The fourth-order valence-electron chi connectivity index (χ4n) is 3.52. The lowest BCUT2D eigenvalue weighted by molar-refractivity contribution is 0.157. The molecule has 4 heteroatoms. The number of aromatic amines is 2. The number of aromatic nitrogens is 2. The van der Waals surface area contributed by atoms with Gasteiger partial charge in [0.05, 0.1) is 11.0 Å². The smallest absolute Gasteiger partial charge is 0.307 e. The van der Waals surface area contributed by atoms with Crippen LogP contribution in [-0.4, -0.2) is 16.0 Å². The summed E-state index contributed by atoms with van der Waals surface area (Å²) in [5, 5.41) is 3.79. The predicted octanol–water partition coefficient (Wildman–Crippen LogP) is 3.48. The van der Waals surface area contributed by atoms with Crippen LogP contribution in [0, 0.1) is 5.41 Å². The fourth-order valence-corrected chi connectivity index (χ4v) is 3.52. The minimum atomic E-state index is -0.142. The van der Waals surface area contributed by atoms with Gasteiger partial charge in [-0.25, -0.2) is 4.79 Å². The summed E-state index contributed by atoms with van der Waals surface area (Å²) in [6.07, 6.45) is 5.20. The highest BCUT2D eigenvalue weighted by Crippen LogP contribution is 2.36. The van der Waals surface area contributed by atoms with E-state index in [0.717, 1.165) is 11.0 Å². The van der Waals surface area contributed by atoms with Crippen LogP contribution in [0.4, 0.5) is 0 Å². The van der Waals surface area contributed by atoms with Gasteiger partial charge < -0.3 is 15.3 Å². The fraction of sp³-hybridized carbons (Fsp3) is 0.588. The van der Waals surface area contributed by atoms with Crippen molar-refractivity contribution in [3.8, 4) is 0 Å². The van der Waals surface area contributed by atoms with Crippen molar-refractivity contribution in [1.29, 1.82) is 0 Å². The Kier molecular flexibility index (Phi) is 3.66. The largest absolute Gasteiger partial charge is 0.323 e. The number of fused-ring (bicyclic) bond motifs is 1. The molecule has 1 aromatic carbocycles. The predicted molar refractivity (Wildman–Crippen MR) is 86.5 cm³/mol. The summed E-state index contributed by atoms with van der Waals surface area (Å²) in [7, 11) is 0. The van der Waals surface area contributed by atoms with E-state index in [1.165, 1.54) is 31.2 Å². The molecular weight excluding hydrogens is 262 g/mol. The third kappa shape index (κ3) is 2.91. The lowest BCUT2D eigenvalue weighted by Crippen LogP contribution is -2.45. The van der Waals surface area contributed by atoms with Gasteiger partial charge in [-0.1, -0.05) is 32.8 Å². The molecule has 4 nitrogen and oxygen atoms in total. The molecule has 1 aromatic heterocycles. The second-order valence-electron chi connectivity index (χ2n) is 7.06. The van der Waals surface area contributed by atoms with Crippen LogP contribution in [0.3, 0.4) is 0 Å². The zero-order valence-electron chi connectivity index (χ0n) is 13.1. The van der Waals surface area contributed by atoms with Crippen molar-refractivity contribution < 1.29 is 0 Å². The summed E-state index contributed by atoms with van der Waals surface area (Å²) in [5.41, 5.74) is 3.19. The number of benzene rings is 1. The zero-order chi connectivity index (χ0) is 15.0. The van der Waals surface area contributed by atoms with Crippen molar-refractivity contribution in [3.05, 3.63) is 34.2 Å². The molecule has 0 bridgehead atoms. The first-order chi connectivity index (χ1) is 9.95. The highest BCUT2D eigenvalue weighted by atomic mass is 16.1. The first kappa shape index (κ1) is 14.4. The molecule has 3 rings (SSSR count). The Morgan fingerprint density at radius 3 is 2.76 bits per heavy atom. The van der Waals surface area contributed by atoms with Crippen molar-refractivity contribution in [2.75, 3.05) is 0 Å². The van der Waals surface area contributed by atoms with E-state index in [4.69, 9.17) is 0 Å². The standard InChI is InChI=1S/C17H25N3O/c1-11(18-15-6-4-5-9-17(15,2)3)12-7-8-13-14(10-12)20-16(21)19-13/h7-8,10-11,15,18H,4-6,9H2,1-3H3,(H2,19,20,21). The van der Waals surface area contributed by atoms with E-state index in [2.05, 4.69) is 48.2 Å². The summed E-state index contributed by atoms with van der Waals surface area (Å²) in [6, 6.07) is 6.99. The van der Waals surface area contributed by atoms with E-state index < -0.39 is 0 Å². The number of hydrogen-bond donors (Lipinski definition) is 3. The maximum Gasteiger partial charge on any atom is 0.323 e. The van der Waals surface area contributed by atoms with E-state index in [1.807, 2.05) is 6.07 Å². The maximum absolute atomic E-state index is 11.3. The molecule has 1 aliphatic rings. The second kappa shape index (κ2) is 5.34. The third-order valence-electron chi connectivity index (χ3n) is 5.00. The Labute approximate surface area is 125 Å². The molecule has 0 radical (unpaired) electrons. The van der Waals surface area contributed by atoms with Gasteiger partial charge in [0.25, 0.3) is 0 Å². The number of rotatable bonds is 3. The van der Waals surface area contributed by atoms with Crippen molar-refractivity contribution in [2.24, 2.45) is 5.41 Å². The molecule has 1 aliphatic carbocycles. The minimum absolute atomic E-state index is 0.142. The van der Waals surface area contributed by atoms with Crippen molar-refractivity contribution in [3.63, 3.8) is 0 Å². The van der Waals surface area contributed by atoms with E-state index in [0.29, 0.717) is 11.5 Å². The van der Waals surface area contributed by atoms with Crippen LogP contribution in [-0.2, 0) is 0 Å². The Morgan fingerprint density at radius 1 is 1.24 bits per heavy atom. The number of nitrogens with one attached hydrogen (secondary N) is 3. The molecule has 0 amide bonds. The molecule has 3 N–H and O–H groups in total. The molecule has 0 saturated heterocycles. The minimum Gasteiger partial charge on any atom is -0.307 e. The van der Waals surface area contributed by atoms with Crippen LogP contribution >= 0.6 is 0 Å². The van der Waals surface area contributed by atoms with Gasteiger partial charge >= 0.3 is 5.69 Å². The number of imidazole rings is 1. The Bertz CT molecular complexity index is 683. The molecular formula is C17H25N3O. The van der Waals surface area contributed by atoms with E-state index >= 15 is 0 Å².